The number of β-amino-alcohol motifs (C(OH)–C–C–N with tert-alkyl or cyclic N) is 1. The summed E-state index contributed by atoms with van der Waals surface area (Å²) in [7, 11) is 0. The van der Waals surface area contributed by atoms with Gasteiger partial charge in [0, 0.05) is 19.6 Å². The van der Waals surface area contributed by atoms with Crippen LogP contribution in [-0.4, -0.2) is 66.6 Å². The molecule has 6 heteroatoms. The number of hydrogen-bond acceptors (Lipinski definition) is 5. The molecule has 2 heterocycles. The first-order chi connectivity index (χ1) is 9.19. The van der Waals surface area contributed by atoms with E-state index >= 15 is 0 Å². The molecule has 0 spiro atoms. The van der Waals surface area contributed by atoms with Gasteiger partial charge in [0.2, 0.25) is 0 Å². The second kappa shape index (κ2) is 7.50. The van der Waals surface area contributed by atoms with Crippen molar-refractivity contribution in [2.75, 3.05) is 45.9 Å². The van der Waals surface area contributed by atoms with Gasteiger partial charge in [0.15, 0.2) is 5.78 Å². The van der Waals surface area contributed by atoms with Gasteiger partial charge >= 0.3 is 0 Å². The van der Waals surface area contributed by atoms with Crippen molar-refractivity contribution < 1.29 is 9.90 Å². The standard InChI is InChI=1S/C13H19BrN2O2S/c14-13-3-2-12(19-13)11(18)10-16-5-1-4-15(6-7-16)8-9-17/h2-3,17H,1,4-10H2. The zero-order valence-electron chi connectivity index (χ0n) is 10.8. The van der Waals surface area contributed by atoms with Crippen molar-refractivity contribution in [3.05, 3.63) is 20.8 Å². The fraction of sp³-hybridized carbons (Fsp3) is 0.615. The largest absolute Gasteiger partial charge is 0.395 e. The van der Waals surface area contributed by atoms with Gasteiger partial charge in [-0.2, -0.15) is 0 Å². The highest BCUT2D eigenvalue weighted by Gasteiger charge is 2.18. The van der Waals surface area contributed by atoms with E-state index in [0.29, 0.717) is 6.54 Å². The van der Waals surface area contributed by atoms with Crippen LogP contribution in [0, 0.1) is 0 Å². The maximum atomic E-state index is 12.1. The summed E-state index contributed by atoms with van der Waals surface area (Å²) in [6.45, 7) is 5.25. The molecule has 1 aliphatic heterocycles. The maximum Gasteiger partial charge on any atom is 0.186 e. The average molecular weight is 347 g/mol. The van der Waals surface area contributed by atoms with Gasteiger partial charge in [0.1, 0.15) is 0 Å². The second-order valence-corrected chi connectivity index (χ2v) is 7.18. The Balaban J connectivity index is 1.84. The maximum absolute atomic E-state index is 12.1. The summed E-state index contributed by atoms with van der Waals surface area (Å²) in [6.07, 6.45) is 1.06. The van der Waals surface area contributed by atoms with Crippen molar-refractivity contribution in [2.24, 2.45) is 0 Å². The van der Waals surface area contributed by atoms with E-state index in [4.69, 9.17) is 5.11 Å². The number of halogens is 1. The quantitative estimate of drug-likeness (QED) is 0.824. The molecule has 1 N–H and O–H groups in total. The summed E-state index contributed by atoms with van der Waals surface area (Å²) in [6, 6.07) is 3.80. The molecule has 106 valence electrons. The molecule has 0 aliphatic carbocycles. The monoisotopic (exact) mass is 346 g/mol. The number of aliphatic hydroxyl groups is 1. The molecule has 0 unspecified atom stereocenters. The number of thiophene rings is 1. The third-order valence-electron chi connectivity index (χ3n) is 3.31. The molecule has 1 aromatic heterocycles. The Morgan fingerprint density at radius 2 is 2.00 bits per heavy atom. The fourth-order valence-corrected chi connectivity index (χ4v) is 3.61. The van der Waals surface area contributed by atoms with E-state index in [2.05, 4.69) is 25.7 Å². The number of Topliss-reactive ketones (excluding diaryl/α,β-unsaturated/α-hetero) is 1. The molecule has 0 atom stereocenters. The minimum atomic E-state index is 0.200. The van der Waals surface area contributed by atoms with Gasteiger partial charge in [-0.15, -0.1) is 11.3 Å². The third kappa shape index (κ3) is 4.65. The lowest BCUT2D eigenvalue weighted by Gasteiger charge is -2.20. The van der Waals surface area contributed by atoms with Gasteiger partial charge in [-0.25, -0.2) is 0 Å². The minimum Gasteiger partial charge on any atom is -0.395 e. The van der Waals surface area contributed by atoms with Crippen LogP contribution in [0.2, 0.25) is 0 Å². The van der Waals surface area contributed by atoms with Crippen molar-refractivity contribution in [1.29, 1.82) is 0 Å². The van der Waals surface area contributed by atoms with E-state index in [1.807, 2.05) is 12.1 Å². The first-order valence-electron chi connectivity index (χ1n) is 6.53. The highest BCUT2D eigenvalue weighted by Crippen LogP contribution is 2.22. The average Bonchev–Trinajstić information content (AvgIpc) is 2.70. The highest BCUT2D eigenvalue weighted by atomic mass is 79.9. The molecule has 2 rings (SSSR count). The van der Waals surface area contributed by atoms with E-state index < -0.39 is 0 Å². The number of ketones is 1. The van der Waals surface area contributed by atoms with Crippen molar-refractivity contribution in [3.8, 4) is 0 Å². The molecular weight excluding hydrogens is 328 g/mol. The molecule has 0 saturated carbocycles. The van der Waals surface area contributed by atoms with Crippen LogP contribution in [0.25, 0.3) is 0 Å². The smallest absolute Gasteiger partial charge is 0.186 e. The fourth-order valence-electron chi connectivity index (χ4n) is 2.29. The van der Waals surface area contributed by atoms with Gasteiger partial charge < -0.3 is 5.11 Å². The van der Waals surface area contributed by atoms with Crippen molar-refractivity contribution in [1.82, 2.24) is 9.80 Å². The van der Waals surface area contributed by atoms with Gasteiger partial charge in [-0.05, 0) is 47.6 Å². The Morgan fingerprint density at radius 3 is 2.68 bits per heavy atom. The molecule has 1 fully saturated rings. The summed E-state index contributed by atoms with van der Waals surface area (Å²) in [5.74, 6) is 0.200. The van der Waals surface area contributed by atoms with Crippen LogP contribution in [0.1, 0.15) is 16.1 Å². The van der Waals surface area contributed by atoms with E-state index in [1.54, 1.807) is 0 Å². The first-order valence-corrected chi connectivity index (χ1v) is 8.14. The summed E-state index contributed by atoms with van der Waals surface area (Å²) < 4.78 is 1.00. The normalized spacial score (nSPS) is 18.4. The lowest BCUT2D eigenvalue weighted by Crippen LogP contribution is -2.34. The number of rotatable bonds is 5. The number of carbonyl (C=O) groups is 1. The highest BCUT2D eigenvalue weighted by molar-refractivity contribution is 9.11. The van der Waals surface area contributed by atoms with Gasteiger partial charge in [-0.1, -0.05) is 0 Å². The van der Waals surface area contributed by atoms with Crippen LogP contribution in [0.15, 0.2) is 15.9 Å². The Morgan fingerprint density at radius 1 is 1.26 bits per heavy atom. The van der Waals surface area contributed by atoms with Crippen LogP contribution < -0.4 is 0 Å². The van der Waals surface area contributed by atoms with Crippen LogP contribution in [0.3, 0.4) is 0 Å². The van der Waals surface area contributed by atoms with E-state index in [9.17, 15) is 4.79 Å². The number of aliphatic hydroxyl groups excluding tert-OH is 1. The van der Waals surface area contributed by atoms with Gasteiger partial charge in [0.25, 0.3) is 0 Å². The number of hydrogen-bond donors (Lipinski definition) is 1. The third-order valence-corrected chi connectivity index (χ3v) is 4.98. The van der Waals surface area contributed by atoms with E-state index in [1.165, 1.54) is 11.3 Å². The van der Waals surface area contributed by atoms with Crippen molar-refractivity contribution >= 4 is 33.0 Å². The Hall–Kier alpha value is -0.270. The van der Waals surface area contributed by atoms with Crippen LogP contribution >= 0.6 is 27.3 Å². The molecule has 4 nitrogen and oxygen atoms in total. The van der Waals surface area contributed by atoms with Crippen molar-refractivity contribution in [3.63, 3.8) is 0 Å². The topological polar surface area (TPSA) is 43.8 Å². The van der Waals surface area contributed by atoms with Gasteiger partial charge in [-0.3, -0.25) is 14.6 Å². The minimum absolute atomic E-state index is 0.200. The molecular formula is C13H19BrN2O2S. The van der Waals surface area contributed by atoms with Crippen molar-refractivity contribution in [2.45, 2.75) is 6.42 Å². The van der Waals surface area contributed by atoms with Crippen LogP contribution in [0.5, 0.6) is 0 Å². The summed E-state index contributed by atoms with van der Waals surface area (Å²) in [5, 5.41) is 8.96. The lowest BCUT2D eigenvalue weighted by atomic mass is 10.3. The Bertz CT molecular complexity index is 425. The summed E-state index contributed by atoms with van der Waals surface area (Å²) in [4.78, 5) is 17.4. The molecule has 0 bridgehead atoms. The predicted molar refractivity (Wildman–Crippen MR) is 80.9 cm³/mol. The molecule has 1 saturated heterocycles. The number of carbonyl (C=O) groups excluding carboxylic acids is 1. The molecule has 0 radical (unpaired) electrons. The van der Waals surface area contributed by atoms with Crippen LogP contribution in [0.4, 0.5) is 0 Å². The molecule has 1 aromatic rings. The molecule has 0 amide bonds. The number of nitrogens with zero attached hydrogens (tertiary/aromatic N) is 2. The second-order valence-electron chi connectivity index (χ2n) is 4.72. The predicted octanol–water partition coefficient (Wildman–Crippen LogP) is 1.69. The van der Waals surface area contributed by atoms with E-state index in [-0.39, 0.29) is 12.4 Å². The lowest BCUT2D eigenvalue weighted by molar-refractivity contribution is 0.0936. The first kappa shape index (κ1) is 15.1. The van der Waals surface area contributed by atoms with E-state index in [0.717, 1.165) is 47.8 Å². The molecule has 1 aliphatic rings. The Kier molecular flexibility index (Phi) is 5.97. The summed E-state index contributed by atoms with van der Waals surface area (Å²) in [5.41, 5.74) is 0. The summed E-state index contributed by atoms with van der Waals surface area (Å²) >= 11 is 4.88. The van der Waals surface area contributed by atoms with Gasteiger partial charge in [0.05, 0.1) is 21.8 Å². The Labute approximate surface area is 126 Å². The zero-order chi connectivity index (χ0) is 13.7. The SMILES string of the molecule is O=C(CN1CCCN(CCO)CC1)c1ccc(Br)s1. The van der Waals surface area contributed by atoms with Crippen LogP contribution in [-0.2, 0) is 0 Å². The molecule has 0 aromatic carbocycles. The zero-order valence-corrected chi connectivity index (χ0v) is 13.3. The molecule has 19 heavy (non-hydrogen) atoms.